The molecule has 0 bridgehead atoms. The molecule has 2 atom stereocenters. The van der Waals surface area contributed by atoms with E-state index in [0.29, 0.717) is 18.7 Å². The molecule has 2 heterocycles. The monoisotopic (exact) mass is 414 g/mol. The second-order valence-electron chi connectivity index (χ2n) is 6.81. The molecule has 1 aromatic rings. The van der Waals surface area contributed by atoms with Crippen LogP contribution < -0.4 is 4.90 Å². The Hall–Kier alpha value is -0.920. The van der Waals surface area contributed by atoms with E-state index in [4.69, 9.17) is 0 Å². The minimum atomic E-state index is -3.64. The van der Waals surface area contributed by atoms with Crippen LogP contribution in [0.1, 0.15) is 45.6 Å². The number of rotatable bonds is 2. The minimum Gasteiger partial charge on any atom is -0.308 e. The quantitative estimate of drug-likeness (QED) is 0.745. The Balaban J connectivity index is 2.17. The summed E-state index contributed by atoms with van der Waals surface area (Å²) in [5, 5.41) is 0. The summed E-state index contributed by atoms with van der Waals surface area (Å²) in [7, 11) is -3.64. The van der Waals surface area contributed by atoms with Gasteiger partial charge in [0.2, 0.25) is 15.9 Å². The molecule has 7 heteroatoms. The number of hydrogen-bond acceptors (Lipinski definition) is 3. The lowest BCUT2D eigenvalue weighted by molar-refractivity contribution is -0.116. The molecule has 0 N–H and O–H groups in total. The van der Waals surface area contributed by atoms with Crippen LogP contribution >= 0.6 is 15.9 Å². The molecular formula is C17H23BrN2O3S. The Labute approximate surface area is 152 Å². The van der Waals surface area contributed by atoms with E-state index < -0.39 is 10.0 Å². The maximum Gasteiger partial charge on any atom is 0.245 e. The van der Waals surface area contributed by atoms with E-state index in [0.717, 1.165) is 29.3 Å². The third-order valence-electron chi connectivity index (χ3n) is 4.98. The molecule has 0 aromatic heterocycles. The van der Waals surface area contributed by atoms with Crippen molar-refractivity contribution < 1.29 is 13.2 Å². The van der Waals surface area contributed by atoms with Gasteiger partial charge in [0.15, 0.2) is 0 Å². The van der Waals surface area contributed by atoms with Gasteiger partial charge in [0.25, 0.3) is 0 Å². The van der Waals surface area contributed by atoms with Crippen LogP contribution in [0.3, 0.4) is 0 Å². The number of sulfonamides is 1. The first-order valence-corrected chi connectivity index (χ1v) is 10.6. The van der Waals surface area contributed by atoms with Crippen LogP contribution in [-0.2, 0) is 21.2 Å². The largest absolute Gasteiger partial charge is 0.308 e. The number of anilines is 1. The Morgan fingerprint density at radius 1 is 1.21 bits per heavy atom. The van der Waals surface area contributed by atoms with Gasteiger partial charge in [0, 0.05) is 30.0 Å². The minimum absolute atomic E-state index is 0.0111. The van der Waals surface area contributed by atoms with Crippen molar-refractivity contribution in [2.75, 3.05) is 11.4 Å². The Kier molecular flexibility index (Phi) is 4.79. The summed E-state index contributed by atoms with van der Waals surface area (Å²) < 4.78 is 29.0. The number of fused-ring (bicyclic) bond motifs is 1. The normalized spacial score (nSPS) is 24.9. The number of carbonyl (C=O) groups is 1. The predicted octanol–water partition coefficient (Wildman–Crippen LogP) is 3.31. The molecular weight excluding hydrogens is 392 g/mol. The first-order chi connectivity index (χ1) is 11.2. The highest BCUT2D eigenvalue weighted by Gasteiger charge is 2.39. The summed E-state index contributed by atoms with van der Waals surface area (Å²) in [6, 6.07) is 3.53. The smallest absolute Gasteiger partial charge is 0.245 e. The number of piperidine rings is 1. The standard InChI is InChI=1S/C17H23BrN2O3S/c1-11-6-4-5-7-19(11)24(22,23)16-10-15(18)9-14-8-12(2)20(13(3)21)17(14)16/h9-12H,4-8H2,1-3H3. The molecule has 1 saturated heterocycles. The van der Waals surface area contributed by atoms with Crippen LogP contribution in [0.4, 0.5) is 5.69 Å². The molecule has 5 nitrogen and oxygen atoms in total. The van der Waals surface area contributed by atoms with Gasteiger partial charge < -0.3 is 4.90 Å². The van der Waals surface area contributed by atoms with Crippen molar-refractivity contribution in [1.82, 2.24) is 4.31 Å². The zero-order valence-corrected chi connectivity index (χ0v) is 16.7. The average molecular weight is 415 g/mol. The van der Waals surface area contributed by atoms with Crippen LogP contribution in [0.2, 0.25) is 0 Å². The van der Waals surface area contributed by atoms with Crippen LogP contribution in [-0.4, -0.2) is 37.3 Å². The number of hydrogen-bond donors (Lipinski definition) is 0. The van der Waals surface area contributed by atoms with Gasteiger partial charge in [-0.05, 0) is 50.8 Å². The third kappa shape index (κ3) is 2.91. The molecule has 0 aliphatic carbocycles. The topological polar surface area (TPSA) is 57.7 Å². The van der Waals surface area contributed by atoms with Gasteiger partial charge in [0.05, 0.1) is 5.69 Å². The maximum atomic E-state index is 13.4. The lowest BCUT2D eigenvalue weighted by Gasteiger charge is -2.33. The first-order valence-electron chi connectivity index (χ1n) is 8.37. The fraction of sp³-hybridized carbons (Fsp3) is 0.588. The SMILES string of the molecule is CC(=O)N1c2c(cc(Br)cc2S(=O)(=O)N2CCCCC2C)CC1C. The zero-order chi connectivity index (χ0) is 17.6. The molecule has 2 unspecified atom stereocenters. The summed E-state index contributed by atoms with van der Waals surface area (Å²) in [6.07, 6.45) is 3.49. The first kappa shape index (κ1) is 17.9. The van der Waals surface area contributed by atoms with Crippen molar-refractivity contribution in [3.8, 4) is 0 Å². The van der Waals surface area contributed by atoms with E-state index >= 15 is 0 Å². The lowest BCUT2D eigenvalue weighted by Crippen LogP contribution is -2.43. The van der Waals surface area contributed by atoms with E-state index in [1.54, 1.807) is 15.3 Å². The van der Waals surface area contributed by atoms with E-state index in [9.17, 15) is 13.2 Å². The van der Waals surface area contributed by atoms with Crippen molar-refractivity contribution >= 4 is 37.5 Å². The molecule has 24 heavy (non-hydrogen) atoms. The number of halogens is 1. The highest BCUT2D eigenvalue weighted by atomic mass is 79.9. The van der Waals surface area contributed by atoms with E-state index in [2.05, 4.69) is 15.9 Å². The molecule has 2 aliphatic rings. The summed E-state index contributed by atoms with van der Waals surface area (Å²) >= 11 is 3.44. The van der Waals surface area contributed by atoms with Crippen molar-refractivity contribution in [3.05, 3.63) is 22.2 Å². The van der Waals surface area contributed by atoms with Gasteiger partial charge in [0.1, 0.15) is 4.90 Å². The highest BCUT2D eigenvalue weighted by Crippen LogP contribution is 2.42. The van der Waals surface area contributed by atoms with Crippen LogP contribution in [0, 0.1) is 0 Å². The van der Waals surface area contributed by atoms with Crippen LogP contribution in [0.5, 0.6) is 0 Å². The van der Waals surface area contributed by atoms with Gasteiger partial charge in [-0.3, -0.25) is 4.79 Å². The van der Waals surface area contributed by atoms with Crippen molar-refractivity contribution in [3.63, 3.8) is 0 Å². The lowest BCUT2D eigenvalue weighted by atomic mass is 10.1. The van der Waals surface area contributed by atoms with E-state index in [1.165, 1.54) is 6.92 Å². The second-order valence-corrected chi connectivity index (χ2v) is 9.59. The summed E-state index contributed by atoms with van der Waals surface area (Å²) in [5.74, 6) is -0.119. The zero-order valence-electron chi connectivity index (χ0n) is 14.3. The van der Waals surface area contributed by atoms with Gasteiger partial charge in [-0.15, -0.1) is 0 Å². The average Bonchev–Trinajstić information content (AvgIpc) is 2.82. The van der Waals surface area contributed by atoms with Gasteiger partial charge in [-0.1, -0.05) is 22.4 Å². The number of carbonyl (C=O) groups excluding carboxylic acids is 1. The fourth-order valence-electron chi connectivity index (χ4n) is 3.91. The van der Waals surface area contributed by atoms with Crippen molar-refractivity contribution in [2.24, 2.45) is 0 Å². The summed E-state index contributed by atoms with van der Waals surface area (Å²) in [5.41, 5.74) is 1.48. The van der Waals surface area contributed by atoms with Crippen LogP contribution in [0.15, 0.2) is 21.5 Å². The molecule has 0 spiro atoms. The van der Waals surface area contributed by atoms with E-state index in [1.807, 2.05) is 19.9 Å². The third-order valence-corrected chi connectivity index (χ3v) is 7.47. The summed E-state index contributed by atoms with van der Waals surface area (Å²) in [6.45, 7) is 5.95. The number of nitrogens with zero attached hydrogens (tertiary/aromatic N) is 2. The Morgan fingerprint density at radius 3 is 2.54 bits per heavy atom. The summed E-state index contributed by atoms with van der Waals surface area (Å²) in [4.78, 5) is 14.0. The molecule has 3 rings (SSSR count). The highest BCUT2D eigenvalue weighted by molar-refractivity contribution is 9.10. The van der Waals surface area contributed by atoms with Crippen molar-refractivity contribution in [2.45, 2.75) is 63.4 Å². The molecule has 1 fully saturated rings. The number of amides is 1. The van der Waals surface area contributed by atoms with Gasteiger partial charge in [-0.2, -0.15) is 4.31 Å². The Bertz CT molecular complexity index is 778. The molecule has 132 valence electrons. The maximum absolute atomic E-state index is 13.4. The van der Waals surface area contributed by atoms with Crippen LogP contribution in [0.25, 0.3) is 0 Å². The molecule has 0 saturated carbocycles. The predicted molar refractivity (Wildman–Crippen MR) is 97.7 cm³/mol. The Morgan fingerprint density at radius 2 is 1.92 bits per heavy atom. The molecule has 2 aliphatic heterocycles. The van der Waals surface area contributed by atoms with Crippen molar-refractivity contribution in [1.29, 1.82) is 0 Å². The molecule has 1 amide bonds. The van der Waals surface area contributed by atoms with E-state index in [-0.39, 0.29) is 22.9 Å². The fourth-order valence-corrected chi connectivity index (χ4v) is 6.51. The number of benzene rings is 1. The second kappa shape index (κ2) is 6.42. The molecule has 0 radical (unpaired) electrons. The van der Waals surface area contributed by atoms with Gasteiger partial charge in [-0.25, -0.2) is 8.42 Å². The molecule has 1 aromatic carbocycles. The van der Waals surface area contributed by atoms with Gasteiger partial charge >= 0.3 is 0 Å².